The largest absolute Gasteiger partial charge is 0.507 e. The van der Waals surface area contributed by atoms with E-state index < -0.39 is 17.7 Å². The van der Waals surface area contributed by atoms with E-state index in [0.717, 1.165) is 0 Å². The minimum atomic E-state index is -0.720. The number of carbonyl (C=O) groups is 2. The fourth-order valence-corrected chi connectivity index (χ4v) is 3.77. The first-order chi connectivity index (χ1) is 16.0. The molecule has 2 aromatic carbocycles. The molecule has 2 aromatic rings. The average molecular weight is 452 g/mol. The molecule has 174 valence electrons. The van der Waals surface area contributed by atoms with Crippen molar-refractivity contribution in [3.05, 3.63) is 77.9 Å². The van der Waals surface area contributed by atoms with Gasteiger partial charge in [0.05, 0.1) is 18.2 Å². The highest BCUT2D eigenvalue weighted by molar-refractivity contribution is 6.46. The lowest BCUT2D eigenvalue weighted by molar-refractivity contribution is -0.140. The fraction of sp³-hybridized carbons (Fsp3) is 0.308. The number of benzene rings is 2. The maximum absolute atomic E-state index is 13.0. The van der Waals surface area contributed by atoms with Crippen LogP contribution in [0.15, 0.2) is 66.8 Å². The van der Waals surface area contributed by atoms with Crippen LogP contribution in [-0.4, -0.2) is 55.2 Å². The number of methoxy groups -OCH3 is 1. The van der Waals surface area contributed by atoms with Crippen molar-refractivity contribution in [2.45, 2.75) is 19.4 Å². The molecule has 33 heavy (non-hydrogen) atoms. The number of likely N-dealkylation sites (tertiary alicyclic amines) is 1. The topological polar surface area (TPSA) is 85.3 Å². The zero-order chi connectivity index (χ0) is 23.8. The van der Waals surface area contributed by atoms with Crippen LogP contribution in [0.3, 0.4) is 0 Å². The van der Waals surface area contributed by atoms with E-state index in [1.165, 1.54) is 4.90 Å². The monoisotopic (exact) mass is 451 g/mol. The van der Waals surface area contributed by atoms with Gasteiger partial charge in [-0.2, -0.15) is 0 Å². The highest BCUT2D eigenvalue weighted by Gasteiger charge is 2.45. The Morgan fingerprint density at radius 1 is 1.06 bits per heavy atom. The van der Waals surface area contributed by atoms with E-state index in [1.807, 2.05) is 6.92 Å². The third-order valence-electron chi connectivity index (χ3n) is 5.29. The van der Waals surface area contributed by atoms with Gasteiger partial charge in [0.25, 0.3) is 11.7 Å². The van der Waals surface area contributed by atoms with Crippen LogP contribution in [0.4, 0.5) is 0 Å². The van der Waals surface area contributed by atoms with E-state index in [0.29, 0.717) is 55.4 Å². The summed E-state index contributed by atoms with van der Waals surface area (Å²) in [4.78, 5) is 27.4. The minimum Gasteiger partial charge on any atom is -0.507 e. The molecule has 1 heterocycles. The maximum Gasteiger partial charge on any atom is 0.295 e. The van der Waals surface area contributed by atoms with Gasteiger partial charge in [0, 0.05) is 25.8 Å². The number of carbonyl (C=O) groups excluding carboxylic acids is 2. The van der Waals surface area contributed by atoms with Crippen molar-refractivity contribution >= 4 is 17.4 Å². The Morgan fingerprint density at radius 2 is 1.70 bits per heavy atom. The summed E-state index contributed by atoms with van der Waals surface area (Å²) in [5.41, 5.74) is 1.19. The van der Waals surface area contributed by atoms with E-state index in [1.54, 1.807) is 61.7 Å². The molecule has 0 spiro atoms. The second kappa shape index (κ2) is 11.3. The van der Waals surface area contributed by atoms with Crippen molar-refractivity contribution < 1.29 is 28.9 Å². The Balaban J connectivity index is 2.03. The summed E-state index contributed by atoms with van der Waals surface area (Å²) in [6.07, 6.45) is 2.21. The van der Waals surface area contributed by atoms with Crippen LogP contribution >= 0.6 is 0 Å². The SMILES string of the molecule is C=CCOc1ccc(C2/C(=C(\O)c3ccc(OCC)cc3)C(=O)C(=O)N2CCCOC)cc1. The van der Waals surface area contributed by atoms with Gasteiger partial charge in [-0.05, 0) is 55.3 Å². The molecule has 0 aliphatic carbocycles. The second-order valence-electron chi connectivity index (χ2n) is 7.46. The lowest BCUT2D eigenvalue weighted by atomic mass is 9.95. The van der Waals surface area contributed by atoms with Crippen molar-refractivity contribution in [3.8, 4) is 11.5 Å². The Bertz CT molecular complexity index is 1010. The number of amides is 1. The van der Waals surface area contributed by atoms with E-state index in [2.05, 4.69) is 6.58 Å². The van der Waals surface area contributed by atoms with Crippen molar-refractivity contribution in [1.82, 2.24) is 4.90 Å². The average Bonchev–Trinajstić information content (AvgIpc) is 3.08. The Morgan fingerprint density at radius 3 is 2.30 bits per heavy atom. The number of aliphatic hydroxyl groups excluding tert-OH is 1. The van der Waals surface area contributed by atoms with Gasteiger partial charge in [-0.3, -0.25) is 9.59 Å². The smallest absolute Gasteiger partial charge is 0.295 e. The van der Waals surface area contributed by atoms with Crippen LogP contribution < -0.4 is 9.47 Å². The molecule has 1 unspecified atom stereocenters. The van der Waals surface area contributed by atoms with Gasteiger partial charge in [-0.15, -0.1) is 0 Å². The van der Waals surface area contributed by atoms with Crippen LogP contribution in [0.1, 0.15) is 30.5 Å². The maximum atomic E-state index is 13.0. The molecule has 1 aliphatic rings. The predicted molar refractivity (Wildman–Crippen MR) is 125 cm³/mol. The lowest BCUT2D eigenvalue weighted by Gasteiger charge is -2.25. The van der Waals surface area contributed by atoms with E-state index in [9.17, 15) is 14.7 Å². The van der Waals surface area contributed by atoms with E-state index in [-0.39, 0.29) is 11.3 Å². The van der Waals surface area contributed by atoms with Crippen molar-refractivity contribution in [2.75, 3.05) is 33.5 Å². The molecule has 0 radical (unpaired) electrons. The van der Waals surface area contributed by atoms with Crippen LogP contribution in [0, 0.1) is 0 Å². The molecule has 1 N–H and O–H groups in total. The molecular weight excluding hydrogens is 422 g/mol. The van der Waals surface area contributed by atoms with Crippen LogP contribution in [0.5, 0.6) is 11.5 Å². The standard InChI is InChI=1S/C26H29NO6/c1-4-16-33-21-11-7-18(8-12-21)23-22(25(29)26(30)27(23)15-6-17-31-3)24(28)19-9-13-20(14-10-19)32-5-2/h4,7-14,23,28H,1,5-6,15-17H2,2-3H3/b24-22+. The van der Waals surface area contributed by atoms with Crippen molar-refractivity contribution in [2.24, 2.45) is 0 Å². The number of rotatable bonds is 11. The van der Waals surface area contributed by atoms with Crippen LogP contribution in [0.25, 0.3) is 5.76 Å². The highest BCUT2D eigenvalue weighted by Crippen LogP contribution is 2.40. The molecule has 0 bridgehead atoms. The molecule has 7 heteroatoms. The molecule has 1 amide bonds. The number of ether oxygens (including phenoxy) is 3. The van der Waals surface area contributed by atoms with Gasteiger partial charge in [-0.1, -0.05) is 24.8 Å². The molecule has 7 nitrogen and oxygen atoms in total. The third-order valence-corrected chi connectivity index (χ3v) is 5.29. The normalized spacial score (nSPS) is 17.3. The summed E-state index contributed by atoms with van der Waals surface area (Å²) in [5, 5.41) is 11.1. The fourth-order valence-electron chi connectivity index (χ4n) is 3.77. The Hall–Kier alpha value is -3.58. The molecule has 0 saturated carbocycles. The highest BCUT2D eigenvalue weighted by atomic mass is 16.5. The molecule has 1 fully saturated rings. The summed E-state index contributed by atoms with van der Waals surface area (Å²) in [7, 11) is 1.58. The number of nitrogens with zero attached hydrogens (tertiary/aromatic N) is 1. The quantitative estimate of drug-likeness (QED) is 0.182. The van der Waals surface area contributed by atoms with E-state index in [4.69, 9.17) is 14.2 Å². The second-order valence-corrected chi connectivity index (χ2v) is 7.46. The third kappa shape index (κ3) is 5.43. The summed E-state index contributed by atoms with van der Waals surface area (Å²) in [6, 6.07) is 13.2. The first-order valence-corrected chi connectivity index (χ1v) is 10.9. The van der Waals surface area contributed by atoms with Crippen molar-refractivity contribution in [1.29, 1.82) is 0 Å². The molecular formula is C26H29NO6. The first-order valence-electron chi connectivity index (χ1n) is 10.9. The number of hydrogen-bond acceptors (Lipinski definition) is 6. The zero-order valence-corrected chi connectivity index (χ0v) is 19.0. The Labute approximate surface area is 193 Å². The summed E-state index contributed by atoms with van der Waals surface area (Å²) >= 11 is 0. The summed E-state index contributed by atoms with van der Waals surface area (Å²) < 4.78 is 16.1. The summed E-state index contributed by atoms with van der Waals surface area (Å²) in [5.74, 6) is -0.281. The van der Waals surface area contributed by atoms with Gasteiger partial charge in [0.15, 0.2) is 0 Å². The van der Waals surface area contributed by atoms with Gasteiger partial charge in [0.2, 0.25) is 0 Å². The number of hydrogen-bond donors (Lipinski definition) is 1. The number of aliphatic hydroxyl groups is 1. The van der Waals surface area contributed by atoms with Gasteiger partial charge in [0.1, 0.15) is 23.9 Å². The molecule has 1 aliphatic heterocycles. The molecule has 1 atom stereocenters. The lowest BCUT2D eigenvalue weighted by Crippen LogP contribution is -2.31. The number of ketones is 1. The van der Waals surface area contributed by atoms with E-state index >= 15 is 0 Å². The molecule has 0 aromatic heterocycles. The van der Waals surface area contributed by atoms with Gasteiger partial charge < -0.3 is 24.2 Å². The molecule has 3 rings (SSSR count). The predicted octanol–water partition coefficient (Wildman–Crippen LogP) is 4.11. The van der Waals surface area contributed by atoms with Gasteiger partial charge >= 0.3 is 0 Å². The van der Waals surface area contributed by atoms with Crippen LogP contribution in [-0.2, 0) is 14.3 Å². The summed E-state index contributed by atoms with van der Waals surface area (Å²) in [6.45, 7) is 7.17. The van der Waals surface area contributed by atoms with Gasteiger partial charge in [-0.25, -0.2) is 0 Å². The number of Topliss-reactive ketones (excluding diaryl/α,β-unsaturated/α-hetero) is 1. The minimum absolute atomic E-state index is 0.0568. The zero-order valence-electron chi connectivity index (χ0n) is 19.0. The molecule has 1 saturated heterocycles. The van der Waals surface area contributed by atoms with Crippen molar-refractivity contribution in [3.63, 3.8) is 0 Å². The first kappa shape index (κ1) is 24.1. The Kier molecular flexibility index (Phi) is 8.27. The van der Waals surface area contributed by atoms with Crippen LogP contribution in [0.2, 0.25) is 0 Å².